The molecule has 4 rings (SSSR count). The number of likely N-dealkylation sites (N-methyl/N-ethyl adjacent to an activating group) is 1. The summed E-state index contributed by atoms with van der Waals surface area (Å²) in [6.45, 7) is 1.25. The number of quaternary nitrogens is 1. The van der Waals surface area contributed by atoms with Crippen molar-refractivity contribution in [3.8, 4) is 0 Å². The predicted octanol–water partition coefficient (Wildman–Crippen LogP) is -0.378. The van der Waals surface area contributed by atoms with E-state index in [1.54, 1.807) is 0 Å². The van der Waals surface area contributed by atoms with Crippen LogP contribution in [0, 0.1) is 5.92 Å². The maximum absolute atomic E-state index is 11.6. The number of hydrogen-bond acceptors (Lipinski definition) is 1. The van der Waals surface area contributed by atoms with E-state index in [0.717, 1.165) is 22.9 Å². The van der Waals surface area contributed by atoms with Gasteiger partial charge in [0.15, 0.2) is 0 Å². The number of nitrogens with two attached hydrogens (primary N) is 1. The molecule has 0 radical (unpaired) electrons. The summed E-state index contributed by atoms with van der Waals surface area (Å²) < 4.78 is 1.16. The molecule has 0 aromatic heterocycles. The summed E-state index contributed by atoms with van der Waals surface area (Å²) >= 11 is 0. The first-order chi connectivity index (χ1) is 10.4. The zero-order chi connectivity index (χ0) is 15.5. The maximum Gasteiger partial charge on any atom is 0.248 e. The second kappa shape index (κ2) is 5.59. The average molecular weight is 379 g/mol. The fourth-order valence-corrected chi connectivity index (χ4v) is 5.73. The van der Waals surface area contributed by atoms with Crippen molar-refractivity contribution in [1.29, 1.82) is 0 Å². The molecule has 0 spiro atoms. The Bertz CT molecular complexity index is 642. The summed E-state index contributed by atoms with van der Waals surface area (Å²) in [4.78, 5) is 11.6. The minimum atomic E-state index is -0.291. The highest BCUT2D eigenvalue weighted by Gasteiger charge is 2.57. The van der Waals surface area contributed by atoms with E-state index >= 15 is 0 Å². The molecule has 23 heavy (non-hydrogen) atoms. The number of likely N-dealkylation sites (tertiary alicyclic amines) is 1. The summed E-state index contributed by atoms with van der Waals surface area (Å²) in [5.41, 5.74) is 9.48. The highest BCUT2D eigenvalue weighted by atomic mass is 79.9. The van der Waals surface area contributed by atoms with Crippen molar-refractivity contribution in [2.24, 2.45) is 11.7 Å². The SMILES string of the molecule is C[N+]1(C)CCC23CCCC[C@H]2C1Cc1ccc(C(N)=O)cc13.[Br-]. The van der Waals surface area contributed by atoms with Gasteiger partial charge in [0, 0.05) is 29.7 Å². The Hall–Kier alpha value is -0.870. The zero-order valence-electron chi connectivity index (χ0n) is 14.1. The van der Waals surface area contributed by atoms with Gasteiger partial charge in [-0.25, -0.2) is 0 Å². The summed E-state index contributed by atoms with van der Waals surface area (Å²) in [5.74, 6) is 0.487. The van der Waals surface area contributed by atoms with E-state index < -0.39 is 0 Å². The van der Waals surface area contributed by atoms with Gasteiger partial charge >= 0.3 is 0 Å². The smallest absolute Gasteiger partial charge is 0.248 e. The molecule has 4 heteroatoms. The van der Waals surface area contributed by atoms with Crippen molar-refractivity contribution < 1.29 is 26.3 Å². The van der Waals surface area contributed by atoms with E-state index in [9.17, 15) is 4.79 Å². The third-order valence-electron chi connectivity index (χ3n) is 6.95. The Morgan fingerprint density at radius 1 is 1.26 bits per heavy atom. The van der Waals surface area contributed by atoms with Crippen LogP contribution in [0.1, 0.15) is 53.6 Å². The van der Waals surface area contributed by atoms with E-state index in [1.165, 1.54) is 49.8 Å². The number of amides is 1. The number of primary amides is 1. The van der Waals surface area contributed by atoms with Crippen molar-refractivity contribution in [2.75, 3.05) is 20.6 Å². The standard InChI is InChI=1S/C19H26N2O.BrH/c1-21(2)10-9-19-8-4-3-5-15(19)17(21)12-13-6-7-14(18(20)22)11-16(13)19;/h6-7,11,15,17H,3-5,8-10,12H2,1-2H3,(H-,20,22);1H/t15-,17?,19?;/m0./s1. The van der Waals surface area contributed by atoms with E-state index in [4.69, 9.17) is 5.73 Å². The number of hydrogen-bond donors (Lipinski definition) is 1. The fourth-order valence-electron chi connectivity index (χ4n) is 5.73. The first-order valence-electron chi connectivity index (χ1n) is 8.70. The molecular formula is C19H27BrN2O. The number of carbonyl (C=O) groups is 1. The van der Waals surface area contributed by atoms with E-state index in [0.29, 0.717) is 11.0 Å². The Kier molecular flexibility index (Phi) is 4.13. The molecule has 1 heterocycles. The fraction of sp³-hybridized carbons (Fsp3) is 0.632. The van der Waals surface area contributed by atoms with Gasteiger partial charge in [-0.15, -0.1) is 0 Å². The highest BCUT2D eigenvalue weighted by Crippen LogP contribution is 2.56. The summed E-state index contributed by atoms with van der Waals surface area (Å²) in [7, 11) is 4.82. The van der Waals surface area contributed by atoms with Crippen LogP contribution in [-0.2, 0) is 11.8 Å². The highest BCUT2D eigenvalue weighted by molar-refractivity contribution is 5.93. The second-order valence-corrected chi connectivity index (χ2v) is 8.27. The van der Waals surface area contributed by atoms with Gasteiger partial charge in [0.25, 0.3) is 0 Å². The first kappa shape index (κ1) is 17.0. The third kappa shape index (κ3) is 2.37. The molecule has 1 amide bonds. The molecule has 1 saturated heterocycles. The van der Waals surface area contributed by atoms with Crippen LogP contribution >= 0.6 is 0 Å². The third-order valence-corrected chi connectivity index (χ3v) is 6.95. The average Bonchev–Trinajstić information content (AvgIpc) is 2.51. The Labute approximate surface area is 149 Å². The lowest BCUT2D eigenvalue weighted by Gasteiger charge is -2.60. The van der Waals surface area contributed by atoms with Gasteiger partial charge in [0.2, 0.25) is 5.91 Å². The molecule has 3 aliphatic rings. The lowest BCUT2D eigenvalue weighted by Crippen LogP contribution is -3.00. The van der Waals surface area contributed by atoms with Gasteiger partial charge in [-0.1, -0.05) is 18.9 Å². The first-order valence-corrected chi connectivity index (χ1v) is 8.70. The van der Waals surface area contributed by atoms with Crippen LogP contribution in [0.4, 0.5) is 0 Å². The molecule has 2 fully saturated rings. The number of rotatable bonds is 1. The van der Waals surface area contributed by atoms with E-state index in [2.05, 4.69) is 26.2 Å². The normalized spacial score (nSPS) is 33.8. The lowest BCUT2D eigenvalue weighted by molar-refractivity contribution is -0.927. The van der Waals surface area contributed by atoms with Gasteiger partial charge in [-0.05, 0) is 36.1 Å². The Morgan fingerprint density at radius 2 is 2.04 bits per heavy atom. The number of piperidine rings is 1. The molecule has 1 aromatic carbocycles. The molecule has 1 aliphatic heterocycles. The minimum absolute atomic E-state index is 0. The maximum atomic E-state index is 11.6. The van der Waals surface area contributed by atoms with Crippen molar-refractivity contribution >= 4 is 5.91 Å². The molecule has 1 aromatic rings. The predicted molar refractivity (Wildman–Crippen MR) is 87.7 cm³/mol. The summed E-state index contributed by atoms with van der Waals surface area (Å²) in [6, 6.07) is 6.98. The molecular weight excluding hydrogens is 352 g/mol. The number of carbonyl (C=O) groups excluding carboxylic acids is 1. The molecule has 3 nitrogen and oxygen atoms in total. The minimum Gasteiger partial charge on any atom is -1.00 e. The van der Waals surface area contributed by atoms with Crippen LogP contribution in [0.2, 0.25) is 0 Å². The number of fused-ring (bicyclic) bond motifs is 1. The molecule has 2 bridgehead atoms. The Morgan fingerprint density at radius 3 is 2.78 bits per heavy atom. The van der Waals surface area contributed by atoms with Gasteiger partial charge in [0.1, 0.15) is 0 Å². The van der Waals surface area contributed by atoms with Crippen molar-refractivity contribution in [3.05, 3.63) is 34.9 Å². The monoisotopic (exact) mass is 378 g/mol. The van der Waals surface area contributed by atoms with Gasteiger partial charge in [-0.3, -0.25) is 4.79 Å². The largest absolute Gasteiger partial charge is 1.00 e. The quantitative estimate of drug-likeness (QED) is 0.665. The lowest BCUT2D eigenvalue weighted by atomic mass is 9.52. The van der Waals surface area contributed by atoms with Crippen LogP contribution in [0.5, 0.6) is 0 Å². The van der Waals surface area contributed by atoms with Crippen molar-refractivity contribution in [1.82, 2.24) is 0 Å². The zero-order valence-corrected chi connectivity index (χ0v) is 15.7. The summed E-state index contributed by atoms with van der Waals surface area (Å²) in [6.07, 6.45) is 7.77. The number of halogens is 1. The molecule has 126 valence electrons. The summed E-state index contributed by atoms with van der Waals surface area (Å²) in [5, 5.41) is 0. The van der Waals surface area contributed by atoms with E-state index in [-0.39, 0.29) is 22.9 Å². The van der Waals surface area contributed by atoms with Crippen molar-refractivity contribution in [2.45, 2.75) is 50.0 Å². The second-order valence-electron chi connectivity index (χ2n) is 8.27. The molecule has 2 aliphatic carbocycles. The molecule has 2 unspecified atom stereocenters. The van der Waals surface area contributed by atoms with Crippen LogP contribution in [0.3, 0.4) is 0 Å². The Balaban J connectivity index is 0.00000156. The molecule has 1 saturated carbocycles. The topological polar surface area (TPSA) is 43.1 Å². The number of benzene rings is 1. The van der Waals surface area contributed by atoms with Crippen LogP contribution in [0.15, 0.2) is 18.2 Å². The van der Waals surface area contributed by atoms with Crippen LogP contribution in [-0.4, -0.2) is 37.1 Å². The van der Waals surface area contributed by atoms with Gasteiger partial charge in [0.05, 0.1) is 26.7 Å². The van der Waals surface area contributed by atoms with Gasteiger partial charge < -0.3 is 27.2 Å². The van der Waals surface area contributed by atoms with Gasteiger partial charge in [-0.2, -0.15) is 0 Å². The van der Waals surface area contributed by atoms with Crippen molar-refractivity contribution in [3.63, 3.8) is 0 Å². The van der Waals surface area contributed by atoms with Crippen LogP contribution in [0.25, 0.3) is 0 Å². The molecule has 2 N–H and O–H groups in total. The van der Waals surface area contributed by atoms with Crippen LogP contribution < -0.4 is 22.7 Å². The van der Waals surface area contributed by atoms with E-state index in [1.807, 2.05) is 6.07 Å². The number of nitrogens with zero attached hydrogens (tertiary/aromatic N) is 1. The molecule has 3 atom stereocenters.